The molecular formula is C6H10N2O2S. The highest BCUT2D eigenvalue weighted by Crippen LogP contribution is 2.28. The Kier molecular flexibility index (Phi) is 2.38. The van der Waals surface area contributed by atoms with Gasteiger partial charge in [0.25, 0.3) is 0 Å². The zero-order valence-electron chi connectivity index (χ0n) is 6.46. The highest BCUT2D eigenvalue weighted by molar-refractivity contribution is 7.99. The third-order valence-electron chi connectivity index (χ3n) is 1.37. The largest absolute Gasteiger partial charge is 0.340 e. The van der Waals surface area contributed by atoms with E-state index in [1.165, 1.54) is 23.3 Å². The molecule has 0 aliphatic carbocycles. The molecular weight excluding hydrogens is 164 g/mol. The van der Waals surface area contributed by atoms with Gasteiger partial charge in [-0.1, -0.05) is 6.92 Å². The maximum absolute atomic E-state index is 11.0. The van der Waals surface area contributed by atoms with Crippen LogP contribution in [0, 0.1) is 0 Å². The summed E-state index contributed by atoms with van der Waals surface area (Å²) in [4.78, 5) is 22.0. The van der Waals surface area contributed by atoms with Gasteiger partial charge in [-0.3, -0.25) is 4.79 Å². The number of nitrogens with one attached hydrogen (secondary N) is 1. The molecule has 0 spiro atoms. The van der Waals surface area contributed by atoms with Crippen molar-refractivity contribution in [1.29, 1.82) is 0 Å². The smallest absolute Gasteiger partial charge is 0.334 e. The summed E-state index contributed by atoms with van der Waals surface area (Å²) in [6, 6.07) is -0.329. The molecule has 0 aromatic heterocycles. The number of rotatable bonds is 0. The standard InChI is InChI=1S/C6H10N2O2S/c1-4-3-5(9)8(11-4)6(10)7-2/h4H,3H2,1-2H3,(H,7,10). The van der Waals surface area contributed by atoms with Crippen molar-refractivity contribution in [2.24, 2.45) is 0 Å². The first kappa shape index (κ1) is 8.39. The molecule has 1 saturated heterocycles. The molecule has 11 heavy (non-hydrogen) atoms. The summed E-state index contributed by atoms with van der Waals surface area (Å²) in [5.74, 6) is -0.109. The average Bonchev–Trinajstić information content (AvgIpc) is 2.28. The third-order valence-corrected chi connectivity index (χ3v) is 2.48. The minimum atomic E-state index is -0.329. The van der Waals surface area contributed by atoms with Gasteiger partial charge < -0.3 is 5.32 Å². The Morgan fingerprint density at radius 1 is 1.82 bits per heavy atom. The summed E-state index contributed by atoms with van der Waals surface area (Å²) in [7, 11) is 1.51. The van der Waals surface area contributed by atoms with Gasteiger partial charge in [-0.2, -0.15) is 0 Å². The zero-order chi connectivity index (χ0) is 8.43. The Morgan fingerprint density at radius 2 is 2.45 bits per heavy atom. The molecule has 1 rings (SSSR count). The fourth-order valence-corrected chi connectivity index (χ4v) is 1.82. The zero-order valence-corrected chi connectivity index (χ0v) is 7.27. The molecule has 0 radical (unpaired) electrons. The number of carbonyl (C=O) groups is 2. The van der Waals surface area contributed by atoms with Crippen LogP contribution in [0.2, 0.25) is 0 Å². The normalized spacial score (nSPS) is 24.0. The van der Waals surface area contributed by atoms with Crippen LogP contribution in [0.25, 0.3) is 0 Å². The maximum atomic E-state index is 11.0. The Bertz CT molecular complexity index is 187. The van der Waals surface area contributed by atoms with Gasteiger partial charge >= 0.3 is 6.03 Å². The van der Waals surface area contributed by atoms with Gasteiger partial charge in [0.15, 0.2) is 0 Å². The monoisotopic (exact) mass is 174 g/mol. The van der Waals surface area contributed by atoms with Crippen LogP contribution >= 0.6 is 11.9 Å². The van der Waals surface area contributed by atoms with E-state index in [4.69, 9.17) is 0 Å². The number of imide groups is 1. The van der Waals surface area contributed by atoms with E-state index in [0.29, 0.717) is 6.42 Å². The van der Waals surface area contributed by atoms with Crippen molar-refractivity contribution in [3.8, 4) is 0 Å². The van der Waals surface area contributed by atoms with Gasteiger partial charge in [-0.25, -0.2) is 9.10 Å². The Morgan fingerprint density at radius 3 is 2.82 bits per heavy atom. The van der Waals surface area contributed by atoms with E-state index in [2.05, 4.69) is 5.32 Å². The topological polar surface area (TPSA) is 49.4 Å². The van der Waals surface area contributed by atoms with E-state index in [9.17, 15) is 9.59 Å². The average molecular weight is 174 g/mol. The van der Waals surface area contributed by atoms with Crippen LogP contribution in [-0.4, -0.2) is 28.5 Å². The molecule has 1 atom stereocenters. The molecule has 62 valence electrons. The number of amides is 3. The fourth-order valence-electron chi connectivity index (χ4n) is 0.867. The van der Waals surface area contributed by atoms with Gasteiger partial charge in [-0.05, 0) is 11.9 Å². The first-order chi connectivity index (χ1) is 5.15. The lowest BCUT2D eigenvalue weighted by atomic mass is 10.3. The second-order valence-electron chi connectivity index (χ2n) is 2.36. The molecule has 4 nitrogen and oxygen atoms in total. The lowest BCUT2D eigenvalue weighted by Gasteiger charge is -2.10. The predicted molar refractivity (Wildman–Crippen MR) is 43.0 cm³/mol. The van der Waals surface area contributed by atoms with Crippen LogP contribution in [0.15, 0.2) is 0 Å². The van der Waals surface area contributed by atoms with Crippen LogP contribution in [0.1, 0.15) is 13.3 Å². The second-order valence-corrected chi connectivity index (χ2v) is 3.74. The molecule has 1 aliphatic heterocycles. The summed E-state index contributed by atoms with van der Waals surface area (Å²) in [5.41, 5.74) is 0. The molecule has 1 heterocycles. The fraction of sp³-hybridized carbons (Fsp3) is 0.667. The molecule has 0 saturated carbocycles. The molecule has 5 heteroatoms. The third kappa shape index (κ3) is 1.65. The summed E-state index contributed by atoms with van der Waals surface area (Å²) >= 11 is 1.28. The highest BCUT2D eigenvalue weighted by Gasteiger charge is 2.31. The van der Waals surface area contributed by atoms with E-state index in [1.54, 1.807) is 0 Å². The van der Waals surface area contributed by atoms with Gasteiger partial charge in [0.05, 0.1) is 0 Å². The van der Waals surface area contributed by atoms with Gasteiger partial charge in [-0.15, -0.1) is 0 Å². The Hall–Kier alpha value is -0.710. The number of hydrogen-bond acceptors (Lipinski definition) is 3. The van der Waals surface area contributed by atoms with E-state index < -0.39 is 0 Å². The Balaban J connectivity index is 2.60. The number of carbonyl (C=O) groups excluding carboxylic acids is 2. The van der Waals surface area contributed by atoms with Crippen molar-refractivity contribution in [2.45, 2.75) is 18.6 Å². The molecule has 1 unspecified atom stereocenters. The van der Waals surface area contributed by atoms with Crippen molar-refractivity contribution in [2.75, 3.05) is 7.05 Å². The Labute approximate surface area is 69.4 Å². The van der Waals surface area contributed by atoms with Crippen molar-refractivity contribution in [3.63, 3.8) is 0 Å². The van der Waals surface area contributed by atoms with E-state index in [0.717, 1.165) is 0 Å². The maximum Gasteiger partial charge on any atom is 0.334 e. The number of urea groups is 1. The first-order valence-electron chi connectivity index (χ1n) is 3.36. The highest BCUT2D eigenvalue weighted by atomic mass is 32.2. The molecule has 3 amide bonds. The summed E-state index contributed by atoms with van der Waals surface area (Å²) in [6.07, 6.45) is 0.456. The lowest BCUT2D eigenvalue weighted by molar-refractivity contribution is -0.123. The van der Waals surface area contributed by atoms with Crippen molar-refractivity contribution >= 4 is 23.9 Å². The molecule has 1 aliphatic rings. The molecule has 0 bridgehead atoms. The van der Waals surface area contributed by atoms with Crippen molar-refractivity contribution < 1.29 is 9.59 Å². The van der Waals surface area contributed by atoms with Gasteiger partial charge in [0.2, 0.25) is 5.91 Å². The number of hydrogen-bond donors (Lipinski definition) is 1. The number of nitrogens with zero attached hydrogens (tertiary/aromatic N) is 1. The van der Waals surface area contributed by atoms with Crippen LogP contribution in [0.5, 0.6) is 0 Å². The van der Waals surface area contributed by atoms with Crippen LogP contribution < -0.4 is 5.32 Å². The molecule has 0 aromatic rings. The van der Waals surface area contributed by atoms with Crippen molar-refractivity contribution in [1.82, 2.24) is 9.62 Å². The van der Waals surface area contributed by atoms with E-state index in [-0.39, 0.29) is 17.2 Å². The van der Waals surface area contributed by atoms with Crippen LogP contribution in [-0.2, 0) is 4.79 Å². The molecule has 0 aromatic carbocycles. The first-order valence-corrected chi connectivity index (χ1v) is 4.20. The second kappa shape index (κ2) is 3.13. The SMILES string of the molecule is CNC(=O)N1SC(C)CC1=O. The van der Waals surface area contributed by atoms with Crippen molar-refractivity contribution in [3.05, 3.63) is 0 Å². The summed E-state index contributed by atoms with van der Waals surface area (Å²) < 4.78 is 1.17. The lowest BCUT2D eigenvalue weighted by Crippen LogP contribution is -2.34. The van der Waals surface area contributed by atoms with E-state index >= 15 is 0 Å². The predicted octanol–water partition coefficient (Wildman–Crippen LogP) is 0.595. The molecule has 1 N–H and O–H groups in total. The summed E-state index contributed by atoms with van der Waals surface area (Å²) in [6.45, 7) is 1.92. The van der Waals surface area contributed by atoms with Gasteiger partial charge in [0, 0.05) is 18.7 Å². The van der Waals surface area contributed by atoms with Crippen LogP contribution in [0.4, 0.5) is 4.79 Å². The minimum Gasteiger partial charge on any atom is -0.340 e. The van der Waals surface area contributed by atoms with Gasteiger partial charge in [0.1, 0.15) is 0 Å². The minimum absolute atomic E-state index is 0.109. The summed E-state index contributed by atoms with van der Waals surface area (Å²) in [5, 5.41) is 2.63. The molecule has 1 fully saturated rings. The quantitative estimate of drug-likeness (QED) is 0.547. The van der Waals surface area contributed by atoms with Crippen LogP contribution in [0.3, 0.4) is 0 Å². The van der Waals surface area contributed by atoms with E-state index in [1.807, 2.05) is 6.92 Å².